The number of esters is 1. The highest BCUT2D eigenvalue weighted by Crippen LogP contribution is 2.25. The van der Waals surface area contributed by atoms with Crippen molar-refractivity contribution in [2.75, 3.05) is 19.7 Å². The first-order valence-corrected chi connectivity index (χ1v) is 5.43. The largest absolute Gasteiger partial charge is 0.460 e. The molecule has 2 heterocycles. The second-order valence-electron chi connectivity index (χ2n) is 3.88. The summed E-state index contributed by atoms with van der Waals surface area (Å²) in [5.41, 5.74) is 0. The van der Waals surface area contributed by atoms with E-state index in [0.717, 1.165) is 13.1 Å². The van der Waals surface area contributed by atoms with Gasteiger partial charge in [0.05, 0.1) is 6.61 Å². The molecule has 1 unspecified atom stereocenters. The van der Waals surface area contributed by atoms with Crippen molar-refractivity contribution in [1.29, 1.82) is 0 Å². The number of aromatic nitrogens is 2. The Morgan fingerprint density at radius 3 is 3.00 bits per heavy atom. The third-order valence-corrected chi connectivity index (χ3v) is 2.81. The van der Waals surface area contributed by atoms with Gasteiger partial charge in [0.2, 0.25) is 5.89 Å². The first-order valence-electron chi connectivity index (χ1n) is 5.43. The zero-order chi connectivity index (χ0) is 11.5. The van der Waals surface area contributed by atoms with Gasteiger partial charge in [-0.3, -0.25) is 0 Å². The molecular weight excluding hydrogens is 210 g/mol. The van der Waals surface area contributed by atoms with E-state index >= 15 is 0 Å². The lowest BCUT2D eigenvalue weighted by atomic mass is 9.89. The predicted octanol–water partition coefficient (Wildman–Crippen LogP) is 0.569. The van der Waals surface area contributed by atoms with E-state index in [2.05, 4.69) is 15.5 Å². The Morgan fingerprint density at radius 2 is 2.44 bits per heavy atom. The average Bonchev–Trinajstić information content (AvgIpc) is 2.63. The Morgan fingerprint density at radius 1 is 1.69 bits per heavy atom. The van der Waals surface area contributed by atoms with E-state index in [1.165, 1.54) is 0 Å². The monoisotopic (exact) mass is 225 g/mol. The molecule has 1 N–H and O–H groups in total. The van der Waals surface area contributed by atoms with E-state index < -0.39 is 5.97 Å². The van der Waals surface area contributed by atoms with Gasteiger partial charge in [0.1, 0.15) is 0 Å². The van der Waals surface area contributed by atoms with Crippen molar-refractivity contribution in [2.45, 2.75) is 19.8 Å². The minimum atomic E-state index is -0.531. The van der Waals surface area contributed by atoms with Gasteiger partial charge in [0.15, 0.2) is 0 Å². The molecule has 88 valence electrons. The molecule has 2 rings (SSSR count). The average molecular weight is 225 g/mol. The quantitative estimate of drug-likeness (QED) is 0.755. The molecule has 1 atom stereocenters. The van der Waals surface area contributed by atoms with Gasteiger partial charge in [-0.15, -0.1) is 0 Å². The van der Waals surface area contributed by atoms with Crippen LogP contribution < -0.4 is 5.32 Å². The van der Waals surface area contributed by atoms with Gasteiger partial charge < -0.3 is 14.6 Å². The molecule has 0 amide bonds. The molecule has 0 radical (unpaired) electrons. The maximum Gasteiger partial charge on any atom is 0.379 e. The van der Waals surface area contributed by atoms with Crippen LogP contribution in [0.2, 0.25) is 0 Å². The molecule has 0 saturated carbocycles. The highest BCUT2D eigenvalue weighted by molar-refractivity contribution is 5.84. The normalized spacial score (nSPS) is 17.9. The van der Waals surface area contributed by atoms with Gasteiger partial charge in [-0.1, -0.05) is 6.92 Å². The van der Waals surface area contributed by atoms with Crippen LogP contribution in [0.5, 0.6) is 0 Å². The predicted molar refractivity (Wildman–Crippen MR) is 55.0 cm³/mol. The summed E-state index contributed by atoms with van der Waals surface area (Å²) < 4.78 is 9.85. The second kappa shape index (κ2) is 4.61. The summed E-state index contributed by atoms with van der Waals surface area (Å²) in [5.74, 6) is 0.675. The van der Waals surface area contributed by atoms with Gasteiger partial charge in [-0.2, -0.15) is 4.98 Å². The molecule has 1 aromatic rings. The molecule has 16 heavy (non-hydrogen) atoms. The number of ether oxygens (including phenoxy) is 1. The summed E-state index contributed by atoms with van der Waals surface area (Å²) in [7, 11) is 0. The molecule has 0 bridgehead atoms. The zero-order valence-corrected chi connectivity index (χ0v) is 9.40. The Labute approximate surface area is 93.4 Å². The SMILES string of the molecule is CCOC(=O)c1noc(C(C)C2CNC2)n1. The lowest BCUT2D eigenvalue weighted by molar-refractivity contribution is 0.0508. The topological polar surface area (TPSA) is 77.2 Å². The molecule has 0 spiro atoms. The fourth-order valence-corrected chi connectivity index (χ4v) is 1.56. The van der Waals surface area contributed by atoms with E-state index in [0.29, 0.717) is 18.4 Å². The lowest BCUT2D eigenvalue weighted by Crippen LogP contribution is -2.44. The first kappa shape index (κ1) is 11.1. The van der Waals surface area contributed by atoms with Crippen LogP contribution in [0.4, 0.5) is 0 Å². The number of carbonyl (C=O) groups excluding carboxylic acids is 1. The smallest absolute Gasteiger partial charge is 0.379 e. The van der Waals surface area contributed by atoms with E-state index in [9.17, 15) is 4.79 Å². The summed E-state index contributed by atoms with van der Waals surface area (Å²) in [6.45, 7) is 5.98. The van der Waals surface area contributed by atoms with Crippen molar-refractivity contribution in [1.82, 2.24) is 15.5 Å². The van der Waals surface area contributed by atoms with Crippen molar-refractivity contribution in [3.8, 4) is 0 Å². The van der Waals surface area contributed by atoms with Gasteiger partial charge in [-0.05, 0) is 31.1 Å². The molecule has 6 nitrogen and oxygen atoms in total. The maximum absolute atomic E-state index is 11.3. The van der Waals surface area contributed by atoms with Gasteiger partial charge >= 0.3 is 5.97 Å². The molecule has 0 aliphatic carbocycles. The summed E-state index contributed by atoms with van der Waals surface area (Å²) >= 11 is 0. The highest BCUT2D eigenvalue weighted by atomic mass is 16.5. The number of hydrogen-bond donors (Lipinski definition) is 1. The van der Waals surface area contributed by atoms with Crippen LogP contribution >= 0.6 is 0 Å². The van der Waals surface area contributed by atoms with Crippen molar-refractivity contribution >= 4 is 5.97 Å². The fourth-order valence-electron chi connectivity index (χ4n) is 1.56. The minimum Gasteiger partial charge on any atom is -0.460 e. The third-order valence-electron chi connectivity index (χ3n) is 2.81. The van der Waals surface area contributed by atoms with Crippen LogP contribution in [0.15, 0.2) is 4.52 Å². The van der Waals surface area contributed by atoms with E-state index in [4.69, 9.17) is 9.26 Å². The number of hydrogen-bond acceptors (Lipinski definition) is 6. The molecule has 1 aromatic heterocycles. The number of carbonyl (C=O) groups is 1. The van der Waals surface area contributed by atoms with Crippen LogP contribution in [0, 0.1) is 5.92 Å². The van der Waals surface area contributed by atoms with Crippen LogP contribution in [-0.2, 0) is 4.74 Å². The summed E-state index contributed by atoms with van der Waals surface area (Å²) in [5, 5.41) is 6.80. The van der Waals surface area contributed by atoms with Crippen molar-refractivity contribution < 1.29 is 14.1 Å². The maximum atomic E-state index is 11.3. The first-order chi connectivity index (χ1) is 7.72. The van der Waals surface area contributed by atoms with Crippen LogP contribution in [0.1, 0.15) is 36.3 Å². The third kappa shape index (κ3) is 2.06. The van der Waals surface area contributed by atoms with Crippen molar-refractivity contribution in [3.63, 3.8) is 0 Å². The van der Waals surface area contributed by atoms with Crippen LogP contribution in [0.3, 0.4) is 0 Å². The van der Waals surface area contributed by atoms with Crippen molar-refractivity contribution in [3.05, 3.63) is 11.7 Å². The number of rotatable bonds is 4. The summed E-state index contributed by atoms with van der Waals surface area (Å²) in [4.78, 5) is 15.4. The van der Waals surface area contributed by atoms with Gasteiger partial charge in [-0.25, -0.2) is 4.79 Å². The Balaban J connectivity index is 2.03. The van der Waals surface area contributed by atoms with E-state index in [1.54, 1.807) is 6.92 Å². The second-order valence-corrected chi connectivity index (χ2v) is 3.88. The summed E-state index contributed by atoms with van der Waals surface area (Å²) in [6.07, 6.45) is 0. The molecular formula is C10H15N3O3. The molecule has 1 aliphatic heterocycles. The number of nitrogens with zero attached hydrogens (tertiary/aromatic N) is 2. The highest BCUT2D eigenvalue weighted by Gasteiger charge is 2.29. The summed E-state index contributed by atoms with van der Waals surface area (Å²) in [6, 6.07) is 0. The molecule has 0 aromatic carbocycles. The van der Waals surface area contributed by atoms with Crippen LogP contribution in [0.25, 0.3) is 0 Å². The Kier molecular flexibility index (Phi) is 3.19. The van der Waals surface area contributed by atoms with E-state index in [1.807, 2.05) is 6.92 Å². The zero-order valence-electron chi connectivity index (χ0n) is 9.40. The fraction of sp³-hybridized carbons (Fsp3) is 0.700. The van der Waals surface area contributed by atoms with Crippen molar-refractivity contribution in [2.24, 2.45) is 5.92 Å². The molecule has 6 heteroatoms. The Hall–Kier alpha value is -1.43. The standard InChI is InChI=1S/C10H15N3O3/c1-3-15-10(14)8-12-9(16-13-8)6(2)7-4-11-5-7/h6-7,11H,3-5H2,1-2H3. The molecule has 1 aliphatic rings. The van der Waals surface area contributed by atoms with E-state index in [-0.39, 0.29) is 11.7 Å². The minimum absolute atomic E-state index is 0.0102. The Bertz CT molecular complexity index is 373. The van der Waals surface area contributed by atoms with Gasteiger partial charge in [0, 0.05) is 5.92 Å². The number of nitrogens with one attached hydrogen (secondary N) is 1. The van der Waals surface area contributed by atoms with Gasteiger partial charge in [0.25, 0.3) is 5.82 Å². The van der Waals surface area contributed by atoms with Crippen LogP contribution in [-0.4, -0.2) is 35.8 Å². The molecule has 1 saturated heterocycles. The lowest BCUT2D eigenvalue weighted by Gasteiger charge is -2.30. The molecule has 1 fully saturated rings.